The van der Waals surface area contributed by atoms with E-state index in [2.05, 4.69) is 47.0 Å². The van der Waals surface area contributed by atoms with E-state index in [0.717, 1.165) is 6.54 Å². The minimum Gasteiger partial charge on any atom is -0.372 e. The van der Waals surface area contributed by atoms with Gasteiger partial charge in [-0.25, -0.2) is 0 Å². The fourth-order valence-corrected chi connectivity index (χ4v) is 1.96. The minimum atomic E-state index is 0.623. The van der Waals surface area contributed by atoms with Crippen LogP contribution in [0.1, 0.15) is 16.7 Å². The summed E-state index contributed by atoms with van der Waals surface area (Å²) in [7, 11) is 1.81. The summed E-state index contributed by atoms with van der Waals surface area (Å²) in [6, 6.07) is 18.6. The Labute approximate surface area is 131 Å². The quantitative estimate of drug-likeness (QED) is 0.804. The number of thiocarbonyl (C=S) groups is 1. The third kappa shape index (κ3) is 5.53. The molecule has 4 heteroatoms. The number of hydrogen-bond donors (Lipinski definition) is 2. The van der Waals surface area contributed by atoms with Crippen molar-refractivity contribution >= 4 is 17.3 Å². The van der Waals surface area contributed by atoms with Crippen molar-refractivity contribution in [1.82, 2.24) is 10.6 Å². The van der Waals surface area contributed by atoms with E-state index < -0.39 is 0 Å². The summed E-state index contributed by atoms with van der Waals surface area (Å²) in [6.45, 7) is 1.99. The first-order chi connectivity index (χ1) is 10.3. The second-order valence-corrected chi connectivity index (χ2v) is 5.14. The Kier molecular flexibility index (Phi) is 6.19. The van der Waals surface area contributed by atoms with Crippen LogP contribution < -0.4 is 10.6 Å². The zero-order valence-electron chi connectivity index (χ0n) is 12.1. The van der Waals surface area contributed by atoms with E-state index in [1.54, 1.807) is 0 Å². The Bertz CT molecular complexity index is 555. The van der Waals surface area contributed by atoms with E-state index in [1.807, 2.05) is 25.2 Å². The molecule has 0 heterocycles. The predicted octanol–water partition coefficient (Wildman–Crippen LogP) is 3.00. The maximum atomic E-state index is 5.71. The van der Waals surface area contributed by atoms with Crippen molar-refractivity contribution in [2.45, 2.75) is 19.8 Å². The minimum absolute atomic E-state index is 0.623. The molecule has 0 spiro atoms. The molecule has 0 amide bonds. The van der Waals surface area contributed by atoms with Crippen LogP contribution in [0.25, 0.3) is 0 Å². The molecule has 2 rings (SSSR count). The molecule has 2 aromatic rings. The lowest BCUT2D eigenvalue weighted by Crippen LogP contribution is -2.31. The van der Waals surface area contributed by atoms with Gasteiger partial charge in [0.1, 0.15) is 0 Å². The highest BCUT2D eigenvalue weighted by molar-refractivity contribution is 7.80. The normalized spacial score (nSPS) is 10.1. The summed E-state index contributed by atoms with van der Waals surface area (Å²) in [5.74, 6) is 0. The van der Waals surface area contributed by atoms with Gasteiger partial charge < -0.3 is 15.4 Å². The Morgan fingerprint density at radius 3 is 2.10 bits per heavy atom. The smallest absolute Gasteiger partial charge is 0.166 e. The largest absolute Gasteiger partial charge is 0.372 e. The van der Waals surface area contributed by atoms with Crippen LogP contribution in [0.5, 0.6) is 0 Å². The number of nitrogens with one attached hydrogen (secondary N) is 2. The average Bonchev–Trinajstić information content (AvgIpc) is 2.55. The van der Waals surface area contributed by atoms with Gasteiger partial charge in [-0.3, -0.25) is 0 Å². The summed E-state index contributed by atoms with van der Waals surface area (Å²) in [4.78, 5) is 0. The zero-order chi connectivity index (χ0) is 14.9. The lowest BCUT2D eigenvalue weighted by Gasteiger charge is -2.08. The highest BCUT2D eigenvalue weighted by atomic mass is 32.1. The Balaban J connectivity index is 1.76. The van der Waals surface area contributed by atoms with Crippen LogP contribution in [-0.4, -0.2) is 12.2 Å². The number of benzene rings is 2. The van der Waals surface area contributed by atoms with Gasteiger partial charge in [-0.15, -0.1) is 0 Å². The molecule has 0 atom stereocenters. The average molecular weight is 300 g/mol. The van der Waals surface area contributed by atoms with Crippen LogP contribution in [0.2, 0.25) is 0 Å². The van der Waals surface area contributed by atoms with Crippen molar-refractivity contribution in [2.75, 3.05) is 7.05 Å². The Morgan fingerprint density at radius 1 is 0.905 bits per heavy atom. The zero-order valence-corrected chi connectivity index (χ0v) is 13.0. The monoisotopic (exact) mass is 300 g/mol. The molecule has 110 valence electrons. The van der Waals surface area contributed by atoms with Gasteiger partial charge >= 0.3 is 0 Å². The van der Waals surface area contributed by atoms with E-state index in [4.69, 9.17) is 17.0 Å². The number of rotatable bonds is 6. The SMILES string of the molecule is CNC(=S)NCc1ccc(COCc2ccccc2)cc1. The van der Waals surface area contributed by atoms with Crippen LogP contribution in [0.3, 0.4) is 0 Å². The van der Waals surface area contributed by atoms with Crippen molar-refractivity contribution in [3.8, 4) is 0 Å². The van der Waals surface area contributed by atoms with Gasteiger partial charge in [0.2, 0.25) is 0 Å². The number of hydrogen-bond acceptors (Lipinski definition) is 2. The van der Waals surface area contributed by atoms with E-state index in [-0.39, 0.29) is 0 Å². The van der Waals surface area contributed by atoms with Crippen LogP contribution in [0.4, 0.5) is 0 Å². The molecule has 0 fully saturated rings. The fraction of sp³-hybridized carbons (Fsp3) is 0.235. The molecule has 2 aromatic carbocycles. The molecule has 0 saturated heterocycles. The van der Waals surface area contributed by atoms with Gasteiger partial charge in [-0.2, -0.15) is 0 Å². The first kappa shape index (κ1) is 15.5. The second-order valence-electron chi connectivity index (χ2n) is 4.73. The molecule has 0 aliphatic heterocycles. The lowest BCUT2D eigenvalue weighted by atomic mass is 10.1. The molecule has 21 heavy (non-hydrogen) atoms. The van der Waals surface area contributed by atoms with Gasteiger partial charge in [0.05, 0.1) is 13.2 Å². The molecular formula is C17H20N2OS. The highest BCUT2D eigenvalue weighted by Crippen LogP contribution is 2.08. The number of ether oxygens (including phenoxy) is 1. The van der Waals surface area contributed by atoms with Gasteiger partial charge in [-0.05, 0) is 28.9 Å². The summed E-state index contributed by atoms with van der Waals surface area (Å²) in [6.07, 6.45) is 0. The van der Waals surface area contributed by atoms with Crippen LogP contribution in [-0.2, 0) is 24.5 Å². The molecule has 0 aliphatic rings. The lowest BCUT2D eigenvalue weighted by molar-refractivity contribution is 0.107. The van der Waals surface area contributed by atoms with Crippen LogP contribution in [0, 0.1) is 0 Å². The molecule has 0 aromatic heterocycles. The topological polar surface area (TPSA) is 33.3 Å². The summed E-state index contributed by atoms with van der Waals surface area (Å²) in [5.41, 5.74) is 3.56. The van der Waals surface area contributed by atoms with E-state index in [1.165, 1.54) is 16.7 Å². The highest BCUT2D eigenvalue weighted by Gasteiger charge is 1.97. The third-order valence-electron chi connectivity index (χ3n) is 3.08. The Hall–Kier alpha value is -1.91. The summed E-state index contributed by atoms with van der Waals surface area (Å²) >= 11 is 5.04. The molecule has 0 saturated carbocycles. The maximum absolute atomic E-state index is 5.71. The van der Waals surface area contributed by atoms with Crippen molar-refractivity contribution in [1.29, 1.82) is 0 Å². The molecular weight excluding hydrogens is 280 g/mol. The van der Waals surface area contributed by atoms with Crippen molar-refractivity contribution in [3.63, 3.8) is 0 Å². The van der Waals surface area contributed by atoms with Gasteiger partial charge in [0, 0.05) is 13.6 Å². The van der Waals surface area contributed by atoms with Crippen molar-refractivity contribution in [3.05, 3.63) is 71.3 Å². The van der Waals surface area contributed by atoms with Gasteiger partial charge in [0.15, 0.2) is 5.11 Å². The molecule has 2 N–H and O–H groups in total. The standard InChI is InChI=1S/C17H20N2OS/c1-18-17(21)19-11-14-7-9-16(10-8-14)13-20-12-15-5-3-2-4-6-15/h2-10H,11-13H2,1H3,(H2,18,19,21). The first-order valence-corrected chi connectivity index (χ1v) is 7.34. The van der Waals surface area contributed by atoms with Crippen molar-refractivity contribution < 1.29 is 4.74 Å². The second kappa shape index (κ2) is 8.39. The van der Waals surface area contributed by atoms with Gasteiger partial charge in [0.25, 0.3) is 0 Å². The van der Waals surface area contributed by atoms with E-state index in [0.29, 0.717) is 18.3 Å². The Morgan fingerprint density at radius 2 is 1.48 bits per heavy atom. The van der Waals surface area contributed by atoms with Gasteiger partial charge in [-0.1, -0.05) is 54.6 Å². The predicted molar refractivity (Wildman–Crippen MR) is 89.9 cm³/mol. The summed E-state index contributed by atoms with van der Waals surface area (Å²) in [5, 5.41) is 6.67. The maximum Gasteiger partial charge on any atom is 0.166 e. The van der Waals surface area contributed by atoms with E-state index in [9.17, 15) is 0 Å². The molecule has 3 nitrogen and oxygen atoms in total. The molecule has 0 bridgehead atoms. The fourth-order valence-electron chi connectivity index (χ4n) is 1.89. The van der Waals surface area contributed by atoms with E-state index >= 15 is 0 Å². The first-order valence-electron chi connectivity index (χ1n) is 6.93. The molecule has 0 unspecified atom stereocenters. The summed E-state index contributed by atoms with van der Waals surface area (Å²) < 4.78 is 5.71. The molecule has 0 radical (unpaired) electrons. The third-order valence-corrected chi connectivity index (χ3v) is 3.43. The van der Waals surface area contributed by atoms with Crippen molar-refractivity contribution in [2.24, 2.45) is 0 Å². The van der Waals surface area contributed by atoms with Crippen LogP contribution >= 0.6 is 12.2 Å². The molecule has 0 aliphatic carbocycles. The van der Waals surface area contributed by atoms with Crippen LogP contribution in [0.15, 0.2) is 54.6 Å².